The van der Waals surface area contributed by atoms with Gasteiger partial charge in [0, 0.05) is 25.0 Å². The van der Waals surface area contributed by atoms with Gasteiger partial charge >= 0.3 is 0 Å². The highest BCUT2D eigenvalue weighted by Crippen LogP contribution is 2.21. The van der Waals surface area contributed by atoms with Crippen LogP contribution in [0.1, 0.15) is 44.1 Å². The largest absolute Gasteiger partial charge is 0.367 e. The smallest absolute Gasteiger partial charge is 0.0220 e. The molecule has 2 N–H and O–H groups in total. The van der Waals surface area contributed by atoms with E-state index in [0.717, 1.165) is 19.1 Å². The summed E-state index contributed by atoms with van der Waals surface area (Å²) in [5.74, 6) is 0. The monoisotopic (exact) mass is 249 g/mol. The molecule has 1 aromatic rings. The molecule has 0 bridgehead atoms. The summed E-state index contributed by atoms with van der Waals surface area (Å²) in [6, 6.07) is 2.98. The maximum Gasteiger partial charge on any atom is 0.0220 e. The van der Waals surface area contributed by atoms with Crippen molar-refractivity contribution in [1.29, 1.82) is 0 Å². The molecular formula is C15H27N3. The maximum atomic E-state index is 3.50. The van der Waals surface area contributed by atoms with Gasteiger partial charge in [0.05, 0.1) is 0 Å². The summed E-state index contributed by atoms with van der Waals surface area (Å²) < 4.78 is 0. The summed E-state index contributed by atoms with van der Waals surface area (Å²) in [4.78, 5) is 5.65. The number of H-pyrrole nitrogens is 1. The Balaban J connectivity index is 1.52. The van der Waals surface area contributed by atoms with Gasteiger partial charge in [-0.2, -0.15) is 0 Å². The SMILES string of the molecule is CN(CCCNCc1cc[nH]c1)C1CCCCC1. The molecule has 1 aliphatic rings. The Morgan fingerprint density at radius 1 is 1.33 bits per heavy atom. The minimum atomic E-state index is 0.850. The van der Waals surface area contributed by atoms with Crippen LogP contribution in [0.15, 0.2) is 18.5 Å². The fourth-order valence-corrected chi connectivity index (χ4v) is 2.86. The average Bonchev–Trinajstić information content (AvgIpc) is 2.92. The van der Waals surface area contributed by atoms with E-state index in [0.29, 0.717) is 0 Å². The number of nitrogens with one attached hydrogen (secondary N) is 2. The van der Waals surface area contributed by atoms with Gasteiger partial charge in [-0.25, -0.2) is 0 Å². The van der Waals surface area contributed by atoms with Crippen molar-refractivity contribution in [1.82, 2.24) is 15.2 Å². The highest BCUT2D eigenvalue weighted by atomic mass is 15.1. The topological polar surface area (TPSA) is 31.1 Å². The van der Waals surface area contributed by atoms with Crippen LogP contribution in [0.4, 0.5) is 0 Å². The molecule has 0 radical (unpaired) electrons. The van der Waals surface area contributed by atoms with Crippen LogP contribution >= 0.6 is 0 Å². The maximum absolute atomic E-state index is 3.50. The highest BCUT2D eigenvalue weighted by Gasteiger charge is 2.16. The lowest BCUT2D eigenvalue weighted by atomic mass is 9.94. The van der Waals surface area contributed by atoms with Crippen molar-refractivity contribution in [2.24, 2.45) is 0 Å². The van der Waals surface area contributed by atoms with Crippen molar-refractivity contribution >= 4 is 0 Å². The van der Waals surface area contributed by atoms with Crippen molar-refractivity contribution in [3.05, 3.63) is 24.0 Å². The Kier molecular flexibility index (Phi) is 5.75. The van der Waals surface area contributed by atoms with Crippen molar-refractivity contribution in [2.75, 3.05) is 20.1 Å². The van der Waals surface area contributed by atoms with Crippen LogP contribution in [0, 0.1) is 0 Å². The molecule has 1 aliphatic carbocycles. The molecule has 102 valence electrons. The van der Waals surface area contributed by atoms with Gasteiger partial charge < -0.3 is 15.2 Å². The summed E-state index contributed by atoms with van der Waals surface area (Å²) >= 11 is 0. The number of nitrogens with zero attached hydrogens (tertiary/aromatic N) is 1. The molecule has 0 aliphatic heterocycles. The Hall–Kier alpha value is -0.800. The van der Waals surface area contributed by atoms with Crippen LogP contribution in [0.25, 0.3) is 0 Å². The zero-order chi connectivity index (χ0) is 12.6. The van der Waals surface area contributed by atoms with Crippen LogP contribution in [0.2, 0.25) is 0 Å². The van der Waals surface area contributed by atoms with Gasteiger partial charge in [-0.3, -0.25) is 0 Å². The van der Waals surface area contributed by atoms with E-state index in [1.165, 1.54) is 50.6 Å². The number of aromatic amines is 1. The first-order valence-corrected chi connectivity index (χ1v) is 7.39. The minimum absolute atomic E-state index is 0.850. The molecule has 3 nitrogen and oxygen atoms in total. The van der Waals surface area contributed by atoms with E-state index >= 15 is 0 Å². The molecule has 1 fully saturated rings. The van der Waals surface area contributed by atoms with E-state index in [-0.39, 0.29) is 0 Å². The number of hydrogen-bond donors (Lipinski definition) is 2. The molecule has 2 rings (SSSR count). The van der Waals surface area contributed by atoms with E-state index in [9.17, 15) is 0 Å². The lowest BCUT2D eigenvalue weighted by Gasteiger charge is -2.31. The number of rotatable bonds is 7. The van der Waals surface area contributed by atoms with E-state index in [2.05, 4.69) is 34.5 Å². The third-order valence-electron chi connectivity index (χ3n) is 4.05. The second-order valence-corrected chi connectivity index (χ2v) is 5.52. The molecule has 18 heavy (non-hydrogen) atoms. The van der Waals surface area contributed by atoms with Gasteiger partial charge in [0.2, 0.25) is 0 Å². The first-order valence-electron chi connectivity index (χ1n) is 7.39. The quantitative estimate of drug-likeness (QED) is 0.728. The van der Waals surface area contributed by atoms with Gasteiger partial charge in [0.25, 0.3) is 0 Å². The third kappa shape index (κ3) is 4.46. The van der Waals surface area contributed by atoms with Gasteiger partial charge in [-0.15, -0.1) is 0 Å². The lowest BCUT2D eigenvalue weighted by Crippen LogP contribution is -2.35. The summed E-state index contributed by atoms with van der Waals surface area (Å²) in [6.07, 6.45) is 12.4. The zero-order valence-electron chi connectivity index (χ0n) is 11.6. The van der Waals surface area contributed by atoms with Crippen molar-refractivity contribution < 1.29 is 0 Å². The summed E-state index contributed by atoms with van der Waals surface area (Å²) in [6.45, 7) is 3.32. The predicted molar refractivity (Wildman–Crippen MR) is 76.6 cm³/mol. The van der Waals surface area contributed by atoms with E-state index in [1.807, 2.05) is 6.20 Å². The van der Waals surface area contributed by atoms with Crippen LogP contribution in [-0.4, -0.2) is 36.1 Å². The fourth-order valence-electron chi connectivity index (χ4n) is 2.86. The van der Waals surface area contributed by atoms with E-state index in [1.54, 1.807) is 0 Å². The molecule has 3 heteroatoms. The molecule has 0 unspecified atom stereocenters. The predicted octanol–water partition coefficient (Wildman–Crippen LogP) is 2.76. The third-order valence-corrected chi connectivity index (χ3v) is 4.05. The number of aromatic nitrogens is 1. The Morgan fingerprint density at radius 3 is 2.89 bits per heavy atom. The molecular weight excluding hydrogens is 222 g/mol. The van der Waals surface area contributed by atoms with Crippen molar-refractivity contribution in [3.63, 3.8) is 0 Å². The van der Waals surface area contributed by atoms with E-state index in [4.69, 9.17) is 0 Å². The lowest BCUT2D eigenvalue weighted by molar-refractivity contribution is 0.189. The second-order valence-electron chi connectivity index (χ2n) is 5.52. The van der Waals surface area contributed by atoms with Crippen LogP contribution in [-0.2, 0) is 6.54 Å². The molecule has 0 spiro atoms. The molecule has 1 saturated carbocycles. The van der Waals surface area contributed by atoms with Crippen molar-refractivity contribution in [3.8, 4) is 0 Å². The zero-order valence-corrected chi connectivity index (χ0v) is 11.6. The first-order chi connectivity index (χ1) is 8.86. The summed E-state index contributed by atoms with van der Waals surface area (Å²) in [5, 5.41) is 3.50. The van der Waals surface area contributed by atoms with Gasteiger partial charge in [0.15, 0.2) is 0 Å². The summed E-state index contributed by atoms with van der Waals surface area (Å²) in [7, 11) is 2.29. The Morgan fingerprint density at radius 2 is 2.17 bits per heavy atom. The highest BCUT2D eigenvalue weighted by molar-refractivity contribution is 5.07. The second kappa shape index (κ2) is 7.59. The fraction of sp³-hybridized carbons (Fsp3) is 0.733. The molecule has 0 atom stereocenters. The molecule has 0 amide bonds. The molecule has 1 heterocycles. The van der Waals surface area contributed by atoms with Crippen LogP contribution < -0.4 is 5.32 Å². The van der Waals surface area contributed by atoms with Crippen LogP contribution in [0.3, 0.4) is 0 Å². The first kappa shape index (κ1) is 13.6. The average molecular weight is 249 g/mol. The van der Waals surface area contributed by atoms with E-state index < -0.39 is 0 Å². The molecule has 0 aromatic carbocycles. The van der Waals surface area contributed by atoms with Crippen molar-refractivity contribution in [2.45, 2.75) is 51.1 Å². The van der Waals surface area contributed by atoms with Gasteiger partial charge in [-0.05, 0) is 51.0 Å². The summed E-state index contributed by atoms with van der Waals surface area (Å²) in [5.41, 5.74) is 1.34. The molecule has 1 aromatic heterocycles. The Bertz CT molecular complexity index is 302. The number of hydrogen-bond acceptors (Lipinski definition) is 2. The molecule has 0 saturated heterocycles. The van der Waals surface area contributed by atoms with Gasteiger partial charge in [0.1, 0.15) is 0 Å². The van der Waals surface area contributed by atoms with Crippen LogP contribution in [0.5, 0.6) is 0 Å². The normalized spacial score (nSPS) is 17.4. The van der Waals surface area contributed by atoms with Gasteiger partial charge in [-0.1, -0.05) is 19.3 Å². The Labute approximate surface area is 111 Å². The minimum Gasteiger partial charge on any atom is -0.367 e. The standard InChI is InChI=1S/C15H27N3/c1-18(15-6-3-2-4-7-15)11-5-9-16-12-14-8-10-17-13-14/h8,10,13,15-17H,2-7,9,11-12H2,1H3.